The summed E-state index contributed by atoms with van der Waals surface area (Å²) in [5.41, 5.74) is 1.17. The van der Waals surface area contributed by atoms with E-state index in [4.69, 9.17) is 0 Å². The highest BCUT2D eigenvalue weighted by Gasteiger charge is 2.34. The maximum atomic E-state index is 12.3. The van der Waals surface area contributed by atoms with E-state index in [0.29, 0.717) is 35.7 Å². The number of anilines is 1. The monoisotopic (exact) mass is 340 g/mol. The van der Waals surface area contributed by atoms with E-state index < -0.39 is 12.6 Å². The number of nitrogens with one attached hydrogen (secondary N) is 2. The predicted molar refractivity (Wildman–Crippen MR) is 86.7 cm³/mol. The normalized spacial score (nSPS) is 26.4. The molecule has 1 aromatic carbocycles. The van der Waals surface area contributed by atoms with Crippen LogP contribution in [0.3, 0.4) is 0 Å². The molecule has 2 aliphatic rings. The van der Waals surface area contributed by atoms with Crippen molar-refractivity contribution in [3.05, 3.63) is 29.8 Å². The maximum Gasteiger partial charge on any atom is 0.389 e. The van der Waals surface area contributed by atoms with Crippen LogP contribution in [-0.4, -0.2) is 24.2 Å². The smallest absolute Gasteiger partial charge is 0.326 e. The zero-order valence-electron chi connectivity index (χ0n) is 13.5. The Bertz CT molecular complexity index is 576. The Balaban J connectivity index is 1.51. The fourth-order valence-electron chi connectivity index (χ4n) is 3.91. The number of alkyl halides is 3. The molecular weight excluding hydrogens is 317 g/mol. The lowest BCUT2D eigenvalue weighted by Gasteiger charge is -2.28. The highest BCUT2D eigenvalue weighted by Crippen LogP contribution is 2.32. The van der Waals surface area contributed by atoms with E-state index in [1.807, 2.05) is 0 Å². The van der Waals surface area contributed by atoms with Crippen molar-refractivity contribution in [2.24, 2.45) is 5.92 Å². The molecule has 0 aliphatic carbocycles. The molecule has 2 unspecified atom stereocenters. The zero-order chi connectivity index (χ0) is 17.2. The van der Waals surface area contributed by atoms with E-state index in [1.165, 1.54) is 12.8 Å². The van der Waals surface area contributed by atoms with Crippen molar-refractivity contribution in [1.29, 1.82) is 0 Å². The summed E-state index contributed by atoms with van der Waals surface area (Å²) in [6, 6.07) is 7.80. The first-order valence-electron chi connectivity index (χ1n) is 8.59. The summed E-state index contributed by atoms with van der Waals surface area (Å²) < 4.78 is 36.9. The molecule has 0 radical (unpaired) electrons. The quantitative estimate of drug-likeness (QED) is 0.849. The Labute approximate surface area is 140 Å². The van der Waals surface area contributed by atoms with Crippen LogP contribution in [0.4, 0.5) is 18.9 Å². The molecule has 2 saturated heterocycles. The van der Waals surface area contributed by atoms with Gasteiger partial charge in [0.05, 0.1) is 0 Å². The summed E-state index contributed by atoms with van der Waals surface area (Å²) in [7, 11) is 0. The third-order valence-electron chi connectivity index (χ3n) is 4.95. The van der Waals surface area contributed by atoms with E-state index in [2.05, 4.69) is 10.6 Å². The second kappa shape index (κ2) is 7.13. The van der Waals surface area contributed by atoms with Crippen molar-refractivity contribution < 1.29 is 18.0 Å². The summed E-state index contributed by atoms with van der Waals surface area (Å²) in [6.45, 7) is 0. The first-order chi connectivity index (χ1) is 11.4. The molecule has 3 rings (SSSR count). The minimum Gasteiger partial charge on any atom is -0.326 e. The van der Waals surface area contributed by atoms with Crippen LogP contribution in [0.1, 0.15) is 44.1 Å². The van der Waals surface area contributed by atoms with Gasteiger partial charge in [0, 0.05) is 30.6 Å². The number of fused-ring (bicyclic) bond motifs is 2. The van der Waals surface area contributed by atoms with Crippen LogP contribution >= 0.6 is 0 Å². The lowest BCUT2D eigenvalue weighted by atomic mass is 9.89. The Morgan fingerprint density at radius 1 is 1.21 bits per heavy atom. The zero-order valence-corrected chi connectivity index (χ0v) is 13.5. The van der Waals surface area contributed by atoms with Gasteiger partial charge in [0.15, 0.2) is 0 Å². The first-order valence-corrected chi connectivity index (χ1v) is 8.59. The number of aryl methyl sites for hydroxylation is 1. The Kier molecular flexibility index (Phi) is 5.13. The molecule has 0 saturated carbocycles. The molecule has 2 bridgehead atoms. The van der Waals surface area contributed by atoms with E-state index in [1.54, 1.807) is 24.3 Å². The molecule has 2 fully saturated rings. The molecule has 132 valence electrons. The maximum absolute atomic E-state index is 12.3. The molecule has 2 aliphatic heterocycles. The summed E-state index contributed by atoms with van der Waals surface area (Å²) >= 11 is 0. The molecule has 6 heteroatoms. The molecule has 3 nitrogen and oxygen atoms in total. The van der Waals surface area contributed by atoms with Crippen LogP contribution in [0.2, 0.25) is 0 Å². The average molecular weight is 340 g/mol. The molecule has 24 heavy (non-hydrogen) atoms. The van der Waals surface area contributed by atoms with Gasteiger partial charge in [0.1, 0.15) is 0 Å². The number of hydrogen-bond acceptors (Lipinski definition) is 2. The lowest BCUT2D eigenvalue weighted by molar-refractivity contribution is -0.134. The minimum atomic E-state index is -4.16. The van der Waals surface area contributed by atoms with Crippen molar-refractivity contribution in [1.82, 2.24) is 5.32 Å². The Morgan fingerprint density at radius 2 is 1.92 bits per heavy atom. The molecule has 0 spiro atoms. The molecule has 1 aromatic rings. The minimum absolute atomic E-state index is 0.0470. The molecule has 2 atom stereocenters. The van der Waals surface area contributed by atoms with Gasteiger partial charge in [-0.2, -0.15) is 13.2 Å². The average Bonchev–Trinajstić information content (AvgIpc) is 2.84. The molecular formula is C18H23F3N2O. The molecule has 1 amide bonds. The number of piperidine rings is 1. The van der Waals surface area contributed by atoms with Gasteiger partial charge >= 0.3 is 6.18 Å². The van der Waals surface area contributed by atoms with Gasteiger partial charge in [-0.1, -0.05) is 12.1 Å². The molecule has 2 heterocycles. The van der Waals surface area contributed by atoms with Crippen LogP contribution in [0, 0.1) is 5.92 Å². The van der Waals surface area contributed by atoms with Crippen molar-refractivity contribution in [3.8, 4) is 0 Å². The number of hydrogen-bond donors (Lipinski definition) is 2. The summed E-state index contributed by atoms with van der Waals surface area (Å²) in [5.74, 6) is 0.353. The van der Waals surface area contributed by atoms with Gasteiger partial charge < -0.3 is 10.6 Å². The van der Waals surface area contributed by atoms with E-state index in [9.17, 15) is 18.0 Å². The van der Waals surface area contributed by atoms with Gasteiger partial charge in [-0.05, 0) is 55.7 Å². The van der Waals surface area contributed by atoms with Crippen LogP contribution in [-0.2, 0) is 11.2 Å². The Hall–Kier alpha value is -1.56. The summed E-state index contributed by atoms with van der Waals surface area (Å²) in [5, 5.41) is 6.39. The van der Waals surface area contributed by atoms with E-state index in [-0.39, 0.29) is 12.3 Å². The fourth-order valence-corrected chi connectivity index (χ4v) is 3.91. The largest absolute Gasteiger partial charge is 0.389 e. The van der Waals surface area contributed by atoms with E-state index in [0.717, 1.165) is 12.8 Å². The van der Waals surface area contributed by atoms with E-state index >= 15 is 0 Å². The summed E-state index contributed by atoms with van der Waals surface area (Å²) in [4.78, 5) is 12.2. The topological polar surface area (TPSA) is 41.1 Å². The summed E-state index contributed by atoms with van der Waals surface area (Å²) in [6.07, 6.45) is -0.110. The van der Waals surface area contributed by atoms with Crippen LogP contribution in [0.5, 0.6) is 0 Å². The van der Waals surface area contributed by atoms with Gasteiger partial charge in [-0.3, -0.25) is 4.79 Å². The standard InChI is InChI=1S/C18H23F3N2O/c19-18(20,21)7-6-12-2-1-3-14(8-12)23-17(24)11-13-9-15-4-5-16(10-13)22-15/h1-3,8,13,15-16,22H,4-7,9-11H2,(H,23,24). The second-order valence-electron chi connectivity index (χ2n) is 7.04. The van der Waals surface area contributed by atoms with Crippen molar-refractivity contribution in [2.45, 2.75) is 63.2 Å². The number of amides is 1. The molecule has 0 aromatic heterocycles. The number of carbonyl (C=O) groups is 1. The predicted octanol–water partition coefficient (Wildman–Crippen LogP) is 4.04. The van der Waals surface area contributed by atoms with Crippen molar-refractivity contribution >= 4 is 11.6 Å². The van der Waals surface area contributed by atoms with Gasteiger partial charge in [0.2, 0.25) is 5.91 Å². The van der Waals surface area contributed by atoms with Gasteiger partial charge in [-0.15, -0.1) is 0 Å². The number of carbonyl (C=O) groups excluding carboxylic acids is 1. The van der Waals surface area contributed by atoms with Gasteiger partial charge in [-0.25, -0.2) is 0 Å². The van der Waals surface area contributed by atoms with Crippen LogP contribution in [0.25, 0.3) is 0 Å². The third-order valence-corrected chi connectivity index (χ3v) is 4.95. The third kappa shape index (κ3) is 4.97. The number of benzene rings is 1. The van der Waals surface area contributed by atoms with Crippen molar-refractivity contribution in [3.63, 3.8) is 0 Å². The lowest BCUT2D eigenvalue weighted by Crippen LogP contribution is -2.39. The fraction of sp³-hybridized carbons (Fsp3) is 0.611. The first kappa shape index (κ1) is 17.3. The highest BCUT2D eigenvalue weighted by atomic mass is 19.4. The van der Waals surface area contributed by atoms with Crippen LogP contribution in [0.15, 0.2) is 24.3 Å². The highest BCUT2D eigenvalue weighted by molar-refractivity contribution is 5.90. The van der Waals surface area contributed by atoms with Crippen LogP contribution < -0.4 is 10.6 Å². The Morgan fingerprint density at radius 3 is 2.58 bits per heavy atom. The van der Waals surface area contributed by atoms with Crippen molar-refractivity contribution in [2.75, 3.05) is 5.32 Å². The second-order valence-corrected chi connectivity index (χ2v) is 7.04. The SMILES string of the molecule is O=C(CC1CC2CCC(C1)N2)Nc1cccc(CCC(F)(F)F)c1. The molecule has 2 N–H and O–H groups in total. The number of rotatable bonds is 5. The number of halogens is 3. The van der Waals surface area contributed by atoms with Gasteiger partial charge in [0.25, 0.3) is 0 Å².